The molecule has 4 heteroatoms. The normalized spacial score (nSPS) is 10.9. The second-order valence-electron chi connectivity index (χ2n) is 3.50. The largest absolute Gasteiger partial charge is 0.478 e. The van der Waals surface area contributed by atoms with Crippen molar-refractivity contribution in [2.24, 2.45) is 7.05 Å². The molecule has 1 N–H and O–H groups in total. The molecule has 0 unspecified atom stereocenters. The Morgan fingerprint density at radius 3 is 2.73 bits per heavy atom. The number of rotatable bonds is 1. The molecule has 0 saturated heterocycles. The summed E-state index contributed by atoms with van der Waals surface area (Å²) in [6.45, 7) is 1.88. The zero-order chi connectivity index (χ0) is 11.2. The quantitative estimate of drug-likeness (QED) is 0.808. The van der Waals surface area contributed by atoms with Crippen LogP contribution < -0.4 is 0 Å². The molecule has 0 fully saturated rings. The van der Waals surface area contributed by atoms with Crippen molar-refractivity contribution in [3.63, 3.8) is 0 Å². The number of aromatic nitrogens is 1. The van der Waals surface area contributed by atoms with E-state index in [0.29, 0.717) is 0 Å². The maximum absolute atomic E-state index is 11.1. The number of carboxylic acid groups (broad SMARTS) is 1. The number of aromatic carboxylic acids is 1. The van der Waals surface area contributed by atoms with Gasteiger partial charge < -0.3 is 9.67 Å². The number of fused-ring (bicyclic) bond motifs is 1. The lowest BCUT2D eigenvalue weighted by Crippen LogP contribution is -1.97. The van der Waals surface area contributed by atoms with Crippen molar-refractivity contribution in [2.75, 3.05) is 0 Å². The van der Waals surface area contributed by atoms with Crippen LogP contribution in [0.25, 0.3) is 10.9 Å². The molecule has 2 rings (SSSR count). The highest BCUT2D eigenvalue weighted by Crippen LogP contribution is 2.31. The maximum atomic E-state index is 11.1. The maximum Gasteiger partial charge on any atom is 0.339 e. The molecule has 0 spiro atoms. The van der Waals surface area contributed by atoms with Crippen LogP contribution in [-0.2, 0) is 7.05 Å². The highest BCUT2D eigenvalue weighted by atomic mass is 35.5. The molecular weight excluding hydrogens is 214 g/mol. The predicted octanol–water partition coefficient (Wildman–Crippen LogP) is 2.84. The Bertz CT molecular complexity index is 557. The van der Waals surface area contributed by atoms with Crippen LogP contribution in [-0.4, -0.2) is 15.6 Å². The number of carbonyl (C=O) groups is 1. The molecule has 0 aliphatic heterocycles. The Morgan fingerprint density at radius 2 is 2.13 bits per heavy atom. The van der Waals surface area contributed by atoms with Crippen LogP contribution in [0.2, 0.25) is 5.15 Å². The number of benzene rings is 1. The molecule has 0 saturated carbocycles. The van der Waals surface area contributed by atoms with Gasteiger partial charge in [-0.1, -0.05) is 23.7 Å². The Labute approximate surface area is 91.9 Å². The van der Waals surface area contributed by atoms with Crippen LogP contribution in [0.5, 0.6) is 0 Å². The molecule has 1 aromatic carbocycles. The Hall–Kier alpha value is -1.48. The summed E-state index contributed by atoms with van der Waals surface area (Å²) in [6, 6.07) is 5.63. The average molecular weight is 224 g/mol. The zero-order valence-electron chi connectivity index (χ0n) is 8.41. The molecule has 0 radical (unpaired) electrons. The molecular formula is C11H10ClNO2. The van der Waals surface area contributed by atoms with Crippen LogP contribution in [0.3, 0.4) is 0 Å². The summed E-state index contributed by atoms with van der Waals surface area (Å²) in [6.07, 6.45) is 0. The van der Waals surface area contributed by atoms with Gasteiger partial charge in [-0.15, -0.1) is 0 Å². The van der Waals surface area contributed by atoms with Crippen molar-refractivity contribution in [1.29, 1.82) is 0 Å². The molecule has 0 bridgehead atoms. The number of hydrogen-bond acceptors (Lipinski definition) is 1. The van der Waals surface area contributed by atoms with E-state index in [9.17, 15) is 4.79 Å². The van der Waals surface area contributed by atoms with Gasteiger partial charge in [-0.2, -0.15) is 0 Å². The van der Waals surface area contributed by atoms with E-state index in [4.69, 9.17) is 16.7 Å². The topological polar surface area (TPSA) is 42.2 Å². The van der Waals surface area contributed by atoms with Crippen LogP contribution >= 0.6 is 11.6 Å². The summed E-state index contributed by atoms with van der Waals surface area (Å²) >= 11 is 5.99. The van der Waals surface area contributed by atoms with E-state index in [-0.39, 0.29) is 10.7 Å². The highest BCUT2D eigenvalue weighted by Gasteiger charge is 2.20. The number of halogens is 1. The van der Waals surface area contributed by atoms with Gasteiger partial charge in [0, 0.05) is 12.4 Å². The standard InChI is InChI=1S/C11H10ClNO2/c1-6-4-3-5-7-8(6)9(11(14)15)10(12)13(7)2/h3-5H,1-2H3,(H,14,15). The molecule has 15 heavy (non-hydrogen) atoms. The highest BCUT2D eigenvalue weighted by molar-refractivity contribution is 6.35. The van der Waals surface area contributed by atoms with E-state index < -0.39 is 5.97 Å². The van der Waals surface area contributed by atoms with Gasteiger partial charge in [0.05, 0.1) is 5.52 Å². The van der Waals surface area contributed by atoms with Gasteiger partial charge in [0.25, 0.3) is 0 Å². The third-order valence-electron chi connectivity index (χ3n) is 2.58. The van der Waals surface area contributed by atoms with Gasteiger partial charge >= 0.3 is 5.97 Å². The summed E-state index contributed by atoms with van der Waals surface area (Å²) in [5.41, 5.74) is 1.96. The first-order valence-electron chi connectivity index (χ1n) is 4.51. The van der Waals surface area contributed by atoms with Crippen molar-refractivity contribution < 1.29 is 9.90 Å². The smallest absolute Gasteiger partial charge is 0.339 e. The zero-order valence-corrected chi connectivity index (χ0v) is 9.17. The molecule has 0 aliphatic carbocycles. The number of nitrogens with zero attached hydrogens (tertiary/aromatic N) is 1. The molecule has 78 valence electrons. The summed E-state index contributed by atoms with van der Waals surface area (Å²) in [5, 5.41) is 10.1. The van der Waals surface area contributed by atoms with Crippen LogP contribution in [0, 0.1) is 6.92 Å². The summed E-state index contributed by atoms with van der Waals surface area (Å²) in [4.78, 5) is 11.1. The molecule has 1 aromatic heterocycles. The number of carboxylic acids is 1. The molecule has 2 aromatic rings. The average Bonchev–Trinajstić information content (AvgIpc) is 2.43. The molecule has 0 aliphatic rings. The first kappa shape index (κ1) is 10.1. The number of hydrogen-bond donors (Lipinski definition) is 1. The lowest BCUT2D eigenvalue weighted by atomic mass is 10.1. The van der Waals surface area contributed by atoms with Gasteiger partial charge in [-0.25, -0.2) is 4.79 Å². The Kier molecular flexibility index (Phi) is 2.20. The van der Waals surface area contributed by atoms with Crippen LogP contribution in [0.1, 0.15) is 15.9 Å². The second kappa shape index (κ2) is 3.28. The minimum absolute atomic E-state index is 0.187. The first-order valence-corrected chi connectivity index (χ1v) is 4.88. The third-order valence-corrected chi connectivity index (χ3v) is 3.02. The van der Waals surface area contributed by atoms with Gasteiger partial charge in [0.2, 0.25) is 0 Å². The van der Waals surface area contributed by atoms with Gasteiger partial charge in [0.15, 0.2) is 0 Å². The fourth-order valence-electron chi connectivity index (χ4n) is 1.83. The first-order chi connectivity index (χ1) is 7.04. The summed E-state index contributed by atoms with van der Waals surface area (Å²) in [7, 11) is 1.76. The lowest BCUT2D eigenvalue weighted by molar-refractivity contribution is 0.0699. The third kappa shape index (κ3) is 1.31. The van der Waals surface area contributed by atoms with Crippen LogP contribution in [0.4, 0.5) is 0 Å². The fraction of sp³-hybridized carbons (Fsp3) is 0.182. The van der Waals surface area contributed by atoms with Gasteiger partial charge in [-0.05, 0) is 18.6 Å². The fourth-order valence-corrected chi connectivity index (χ4v) is 2.10. The van der Waals surface area contributed by atoms with Crippen molar-refractivity contribution in [3.05, 3.63) is 34.5 Å². The monoisotopic (exact) mass is 223 g/mol. The van der Waals surface area contributed by atoms with Gasteiger partial charge in [-0.3, -0.25) is 0 Å². The van der Waals surface area contributed by atoms with Crippen LogP contribution in [0.15, 0.2) is 18.2 Å². The molecule has 3 nitrogen and oxygen atoms in total. The van der Waals surface area contributed by atoms with E-state index in [1.54, 1.807) is 11.6 Å². The summed E-state index contributed by atoms with van der Waals surface area (Å²) < 4.78 is 1.69. The summed E-state index contributed by atoms with van der Waals surface area (Å²) in [5.74, 6) is -0.986. The lowest BCUT2D eigenvalue weighted by Gasteiger charge is -1.98. The van der Waals surface area contributed by atoms with E-state index in [2.05, 4.69) is 0 Å². The minimum Gasteiger partial charge on any atom is -0.478 e. The number of aryl methyl sites for hydroxylation is 2. The van der Waals surface area contributed by atoms with Gasteiger partial charge in [0.1, 0.15) is 10.7 Å². The van der Waals surface area contributed by atoms with E-state index in [0.717, 1.165) is 16.5 Å². The Balaban J connectivity index is 3.02. The van der Waals surface area contributed by atoms with Crippen molar-refractivity contribution in [1.82, 2.24) is 4.57 Å². The van der Waals surface area contributed by atoms with E-state index in [1.807, 2.05) is 25.1 Å². The van der Waals surface area contributed by atoms with Crippen molar-refractivity contribution in [3.8, 4) is 0 Å². The van der Waals surface area contributed by atoms with E-state index >= 15 is 0 Å². The molecule has 1 heterocycles. The van der Waals surface area contributed by atoms with E-state index in [1.165, 1.54) is 0 Å². The predicted molar refractivity (Wildman–Crippen MR) is 59.6 cm³/mol. The SMILES string of the molecule is Cc1cccc2c1c(C(=O)O)c(Cl)n2C. The molecule has 0 atom stereocenters. The minimum atomic E-state index is -0.986. The molecule has 0 amide bonds. The van der Waals surface area contributed by atoms with Crippen molar-refractivity contribution >= 4 is 28.5 Å². The second-order valence-corrected chi connectivity index (χ2v) is 3.86. The van der Waals surface area contributed by atoms with Crippen molar-refractivity contribution in [2.45, 2.75) is 6.92 Å². The Morgan fingerprint density at radius 1 is 1.47 bits per heavy atom.